The van der Waals surface area contributed by atoms with Crippen LogP contribution >= 0.6 is 35.3 Å². The zero-order chi connectivity index (χ0) is 29.8. The second kappa shape index (κ2) is 14.2. The lowest BCUT2D eigenvalue weighted by Crippen LogP contribution is -2.50. The van der Waals surface area contributed by atoms with Gasteiger partial charge in [0.15, 0.2) is 0 Å². The van der Waals surface area contributed by atoms with Crippen molar-refractivity contribution in [2.45, 2.75) is 26.0 Å². The van der Waals surface area contributed by atoms with Crippen LogP contribution < -0.4 is 15.1 Å². The van der Waals surface area contributed by atoms with E-state index in [1.165, 1.54) is 29.2 Å². The largest absolute Gasteiger partial charge is 0.480 e. The van der Waals surface area contributed by atoms with E-state index in [2.05, 4.69) is 5.32 Å². The summed E-state index contributed by atoms with van der Waals surface area (Å²) in [5.41, 5.74) is 0.216. The van der Waals surface area contributed by atoms with E-state index >= 15 is 4.39 Å². The van der Waals surface area contributed by atoms with Gasteiger partial charge in [-0.25, -0.2) is 9.18 Å². The molecule has 0 saturated carbocycles. The fourth-order valence-corrected chi connectivity index (χ4v) is 5.44. The second-order valence-electron chi connectivity index (χ2n) is 9.70. The molecule has 2 saturated heterocycles. The van der Waals surface area contributed by atoms with Crippen LogP contribution in [0.25, 0.3) is 0 Å². The number of nitrogens with one attached hydrogen (secondary N) is 1. The Labute approximate surface area is 255 Å². The monoisotopic (exact) mass is 646 g/mol. The van der Waals surface area contributed by atoms with Crippen molar-refractivity contribution < 1.29 is 42.9 Å². The van der Waals surface area contributed by atoms with Crippen molar-refractivity contribution >= 4 is 76.5 Å². The topological polar surface area (TPSA) is 146 Å². The summed E-state index contributed by atoms with van der Waals surface area (Å²) in [6.07, 6.45) is -1.89. The zero-order valence-corrected chi connectivity index (χ0v) is 25.0. The number of hydrogen-bond acceptors (Lipinski definition) is 9. The van der Waals surface area contributed by atoms with Crippen LogP contribution in [0.15, 0.2) is 30.3 Å². The van der Waals surface area contributed by atoms with Crippen LogP contribution in [0.1, 0.15) is 23.5 Å². The molecular formula is C26H29Cl2FN4O8S. The molecule has 0 bridgehead atoms. The van der Waals surface area contributed by atoms with Gasteiger partial charge in [-0.3, -0.25) is 34.3 Å². The highest BCUT2D eigenvalue weighted by Crippen LogP contribution is 2.30. The molecule has 4 amide bonds. The first kappa shape index (κ1) is 33.2. The molecule has 2 aromatic rings. The Morgan fingerprint density at radius 2 is 1.95 bits per heavy atom. The van der Waals surface area contributed by atoms with Crippen molar-refractivity contribution in [2.75, 3.05) is 49.2 Å². The van der Waals surface area contributed by atoms with E-state index in [4.69, 9.17) is 21.1 Å². The number of carboxylic acids is 1. The van der Waals surface area contributed by atoms with Crippen molar-refractivity contribution in [2.24, 2.45) is 5.92 Å². The first-order valence-electron chi connectivity index (χ1n) is 12.7. The van der Waals surface area contributed by atoms with Crippen molar-refractivity contribution in [3.63, 3.8) is 0 Å². The standard InChI is InChI=1S/C26H28ClFN4O8S.ClH/c1-14(2)23(25(36)37)29-10-21(33)32(24(35)19-5-6-20(27)41-19)12-16-11-31(26(38)40-16)18-4-3-15(9-17(18)28)30-7-8-39-13-22(30)34;/h3-6,9,14,16,23,29H,7-8,10-13H2,1-2H3,(H,36,37);1H/t16-,23+;/m1./s1. The van der Waals surface area contributed by atoms with E-state index in [9.17, 15) is 29.1 Å². The SMILES string of the molecule is CC(C)[C@H](NCC(=O)N(C[C@H]1CN(c2ccc(N3CCOCC3=O)cc2F)C(=O)O1)C(=O)c1ccc(Cl)s1)C(=O)O.Cl. The van der Waals surface area contributed by atoms with Gasteiger partial charge in [0, 0.05) is 12.2 Å². The number of rotatable bonds is 10. The summed E-state index contributed by atoms with van der Waals surface area (Å²) in [5.74, 6) is -4.02. The molecule has 3 heterocycles. The summed E-state index contributed by atoms with van der Waals surface area (Å²) < 4.78 is 25.9. The molecule has 1 aromatic carbocycles. The number of carboxylic acid groups (broad SMARTS) is 1. The van der Waals surface area contributed by atoms with E-state index in [0.29, 0.717) is 16.6 Å². The molecule has 2 N–H and O–H groups in total. The van der Waals surface area contributed by atoms with E-state index in [1.807, 2.05) is 0 Å². The van der Waals surface area contributed by atoms with Gasteiger partial charge in [0.1, 0.15) is 24.6 Å². The van der Waals surface area contributed by atoms with E-state index in [1.54, 1.807) is 13.8 Å². The molecule has 0 unspecified atom stereocenters. The van der Waals surface area contributed by atoms with Crippen LogP contribution in [-0.4, -0.2) is 91.3 Å². The lowest BCUT2D eigenvalue weighted by molar-refractivity contribution is -0.141. The Morgan fingerprint density at radius 3 is 2.55 bits per heavy atom. The third-order valence-electron chi connectivity index (χ3n) is 6.52. The molecule has 0 radical (unpaired) electrons. The molecule has 2 aliphatic heterocycles. The van der Waals surface area contributed by atoms with Crippen molar-refractivity contribution in [1.29, 1.82) is 0 Å². The van der Waals surface area contributed by atoms with Gasteiger partial charge < -0.3 is 19.5 Å². The zero-order valence-electron chi connectivity index (χ0n) is 22.6. The lowest BCUT2D eigenvalue weighted by atomic mass is 10.1. The van der Waals surface area contributed by atoms with Crippen molar-refractivity contribution in [3.05, 3.63) is 45.4 Å². The number of amides is 4. The van der Waals surface area contributed by atoms with E-state index < -0.39 is 48.4 Å². The summed E-state index contributed by atoms with van der Waals surface area (Å²) >= 11 is 6.92. The molecule has 42 heavy (non-hydrogen) atoms. The van der Waals surface area contributed by atoms with Crippen molar-refractivity contribution in [3.8, 4) is 0 Å². The van der Waals surface area contributed by atoms with Crippen LogP contribution in [-0.2, 0) is 23.9 Å². The third-order valence-corrected chi connectivity index (χ3v) is 7.74. The summed E-state index contributed by atoms with van der Waals surface area (Å²) in [6.45, 7) is 2.79. The Morgan fingerprint density at radius 1 is 1.21 bits per heavy atom. The minimum Gasteiger partial charge on any atom is -0.480 e. The van der Waals surface area contributed by atoms with Gasteiger partial charge >= 0.3 is 12.1 Å². The summed E-state index contributed by atoms with van der Waals surface area (Å²) in [5, 5.41) is 12.1. The van der Waals surface area contributed by atoms with Crippen LogP contribution in [0.2, 0.25) is 4.34 Å². The Hall–Kier alpha value is -3.30. The Bertz CT molecular complexity index is 1360. The summed E-state index contributed by atoms with van der Waals surface area (Å²) in [6, 6.07) is 5.89. The number of imide groups is 1. The van der Waals surface area contributed by atoms with Gasteiger partial charge in [0.2, 0.25) is 5.91 Å². The van der Waals surface area contributed by atoms with Crippen LogP contribution in [0.3, 0.4) is 0 Å². The molecular weight excluding hydrogens is 618 g/mol. The van der Waals surface area contributed by atoms with Gasteiger partial charge in [0.25, 0.3) is 11.8 Å². The highest BCUT2D eigenvalue weighted by atomic mass is 35.5. The van der Waals surface area contributed by atoms with Gasteiger partial charge in [-0.05, 0) is 36.2 Å². The smallest absolute Gasteiger partial charge is 0.414 e. The molecule has 0 aliphatic carbocycles. The van der Waals surface area contributed by atoms with Gasteiger partial charge in [-0.1, -0.05) is 25.4 Å². The number of benzene rings is 1. The normalized spacial score (nSPS) is 17.6. The maximum Gasteiger partial charge on any atom is 0.414 e. The summed E-state index contributed by atoms with van der Waals surface area (Å²) in [7, 11) is 0. The molecule has 12 nitrogen and oxygen atoms in total. The quantitative estimate of drug-likeness (QED) is 0.398. The first-order chi connectivity index (χ1) is 19.5. The molecule has 2 fully saturated rings. The number of carbonyl (C=O) groups is 5. The molecule has 228 valence electrons. The minimum absolute atomic E-state index is 0. The number of cyclic esters (lactones) is 1. The summed E-state index contributed by atoms with van der Waals surface area (Å²) in [4.78, 5) is 66.2. The Balaban J connectivity index is 0.00000484. The predicted molar refractivity (Wildman–Crippen MR) is 154 cm³/mol. The fraction of sp³-hybridized carbons (Fsp3) is 0.423. The van der Waals surface area contributed by atoms with Crippen molar-refractivity contribution in [1.82, 2.24) is 10.2 Å². The maximum atomic E-state index is 15.1. The maximum absolute atomic E-state index is 15.1. The number of anilines is 2. The van der Waals surface area contributed by atoms with Gasteiger partial charge in [-0.15, -0.1) is 23.7 Å². The number of hydrogen-bond donors (Lipinski definition) is 2. The van der Waals surface area contributed by atoms with Gasteiger partial charge in [-0.2, -0.15) is 0 Å². The minimum atomic E-state index is -1.15. The third kappa shape index (κ3) is 7.55. The number of ether oxygens (including phenoxy) is 2. The number of thiophene rings is 1. The van der Waals surface area contributed by atoms with Gasteiger partial charge in [0.05, 0.1) is 41.1 Å². The first-order valence-corrected chi connectivity index (χ1v) is 13.9. The fourth-order valence-electron chi connectivity index (χ4n) is 4.45. The number of halogens is 3. The number of carbonyl (C=O) groups excluding carboxylic acids is 4. The molecule has 4 rings (SSSR count). The Kier molecular flexibility index (Phi) is 11.3. The number of morpholine rings is 1. The second-order valence-corrected chi connectivity index (χ2v) is 11.4. The molecule has 2 aliphatic rings. The average molecular weight is 648 g/mol. The highest BCUT2D eigenvalue weighted by molar-refractivity contribution is 7.18. The van der Waals surface area contributed by atoms with E-state index in [0.717, 1.165) is 27.2 Å². The van der Waals surface area contributed by atoms with E-state index in [-0.39, 0.29) is 61.0 Å². The number of aliphatic carboxylic acids is 1. The predicted octanol–water partition coefficient (Wildman–Crippen LogP) is 3.02. The molecule has 0 spiro atoms. The molecule has 2 atom stereocenters. The average Bonchev–Trinajstić information content (AvgIpc) is 3.51. The van der Waals surface area contributed by atoms with Crippen LogP contribution in [0.5, 0.6) is 0 Å². The van der Waals surface area contributed by atoms with Crippen LogP contribution in [0.4, 0.5) is 20.6 Å². The molecule has 16 heteroatoms. The highest BCUT2D eigenvalue weighted by Gasteiger charge is 2.38. The lowest BCUT2D eigenvalue weighted by Gasteiger charge is -2.27. The van der Waals surface area contributed by atoms with Crippen LogP contribution in [0, 0.1) is 11.7 Å². The molecule has 1 aromatic heterocycles. The number of nitrogens with zero attached hydrogens (tertiary/aromatic N) is 3.